The Morgan fingerprint density at radius 2 is 2.31 bits per heavy atom. The Balaban J connectivity index is 0.00000338. The maximum Gasteiger partial charge on any atom is 0.191 e. The van der Waals surface area contributed by atoms with Gasteiger partial charge in [-0.05, 0) is 38.9 Å². The van der Waals surface area contributed by atoms with E-state index in [4.69, 9.17) is 11.6 Å². The maximum atomic E-state index is 6.26. The lowest BCUT2D eigenvalue weighted by molar-refractivity contribution is 0.255. The summed E-state index contributed by atoms with van der Waals surface area (Å²) in [5.41, 5.74) is 0. The summed E-state index contributed by atoms with van der Waals surface area (Å²) in [6.07, 6.45) is 3.99. The molecule has 2 atom stereocenters. The molecule has 148 valence electrons. The Hall–Kier alpha value is -0.800. The Morgan fingerprint density at radius 1 is 1.54 bits per heavy atom. The van der Waals surface area contributed by atoms with Crippen LogP contribution < -0.4 is 15.5 Å². The number of hydrogen-bond acceptors (Lipinski definition) is 4. The topological polar surface area (TPSA) is 55.8 Å². The number of nitrogens with zero attached hydrogens (tertiary/aromatic N) is 4. The number of rotatable bonds is 7. The van der Waals surface area contributed by atoms with Gasteiger partial charge in [0.25, 0.3) is 0 Å². The molecule has 2 heterocycles. The van der Waals surface area contributed by atoms with Crippen LogP contribution in [-0.4, -0.2) is 68.2 Å². The van der Waals surface area contributed by atoms with Crippen molar-refractivity contribution in [3.05, 3.63) is 23.4 Å². The SMILES string of the molecule is CCC(C)N(C)CCNC(=NC)NC1CCN(c2ncccc2Cl)C1.I. The average molecular weight is 495 g/mol. The molecule has 0 amide bonds. The van der Waals surface area contributed by atoms with Crippen LogP contribution >= 0.6 is 35.6 Å². The van der Waals surface area contributed by atoms with E-state index in [0.717, 1.165) is 50.8 Å². The van der Waals surface area contributed by atoms with E-state index in [2.05, 4.69) is 51.3 Å². The Labute approximate surface area is 179 Å². The number of aromatic nitrogens is 1. The highest BCUT2D eigenvalue weighted by atomic mass is 127. The molecule has 0 spiro atoms. The van der Waals surface area contributed by atoms with Gasteiger partial charge in [0.15, 0.2) is 5.96 Å². The predicted molar refractivity (Wildman–Crippen MR) is 122 cm³/mol. The quantitative estimate of drug-likeness (QED) is 0.347. The van der Waals surface area contributed by atoms with Gasteiger partial charge >= 0.3 is 0 Å². The van der Waals surface area contributed by atoms with Crippen LogP contribution in [0.25, 0.3) is 0 Å². The predicted octanol–water partition coefficient (Wildman–Crippen LogP) is 2.83. The van der Waals surface area contributed by atoms with E-state index in [1.54, 1.807) is 6.20 Å². The lowest BCUT2D eigenvalue weighted by atomic mass is 10.2. The van der Waals surface area contributed by atoms with Crippen LogP contribution in [0.5, 0.6) is 0 Å². The number of pyridine rings is 1. The largest absolute Gasteiger partial charge is 0.355 e. The molecule has 1 aliphatic heterocycles. The monoisotopic (exact) mass is 494 g/mol. The molecule has 2 unspecified atom stereocenters. The van der Waals surface area contributed by atoms with Crippen molar-refractivity contribution in [3.63, 3.8) is 0 Å². The van der Waals surface area contributed by atoms with Gasteiger partial charge in [0.1, 0.15) is 5.82 Å². The molecule has 2 N–H and O–H groups in total. The molecule has 1 aromatic heterocycles. The first kappa shape index (κ1) is 23.2. The first-order valence-electron chi connectivity index (χ1n) is 9.08. The van der Waals surface area contributed by atoms with Crippen molar-refractivity contribution in [1.29, 1.82) is 0 Å². The number of guanidine groups is 1. The average Bonchev–Trinajstić information content (AvgIpc) is 3.08. The van der Waals surface area contributed by atoms with E-state index < -0.39 is 0 Å². The highest BCUT2D eigenvalue weighted by molar-refractivity contribution is 14.0. The van der Waals surface area contributed by atoms with Crippen LogP contribution in [0.1, 0.15) is 26.7 Å². The molecule has 26 heavy (non-hydrogen) atoms. The highest BCUT2D eigenvalue weighted by Crippen LogP contribution is 2.25. The fraction of sp³-hybridized carbons (Fsp3) is 0.667. The number of anilines is 1. The number of halogens is 2. The number of likely N-dealkylation sites (N-methyl/N-ethyl adjacent to an activating group) is 1. The summed E-state index contributed by atoms with van der Waals surface area (Å²) >= 11 is 6.26. The van der Waals surface area contributed by atoms with E-state index in [-0.39, 0.29) is 24.0 Å². The van der Waals surface area contributed by atoms with E-state index in [1.165, 1.54) is 0 Å². The van der Waals surface area contributed by atoms with Crippen molar-refractivity contribution in [1.82, 2.24) is 20.5 Å². The number of nitrogens with one attached hydrogen (secondary N) is 2. The Morgan fingerprint density at radius 3 is 2.96 bits per heavy atom. The summed E-state index contributed by atoms with van der Waals surface area (Å²) in [5, 5.41) is 7.63. The number of aliphatic imine (C=N–C) groups is 1. The zero-order valence-electron chi connectivity index (χ0n) is 16.2. The molecule has 0 bridgehead atoms. The first-order valence-corrected chi connectivity index (χ1v) is 9.45. The molecule has 0 saturated carbocycles. The highest BCUT2D eigenvalue weighted by Gasteiger charge is 2.25. The molecular formula is C18H32ClIN6. The van der Waals surface area contributed by atoms with Crippen molar-refractivity contribution in [2.75, 3.05) is 45.2 Å². The molecule has 2 rings (SSSR count). The van der Waals surface area contributed by atoms with Gasteiger partial charge < -0.3 is 20.4 Å². The van der Waals surface area contributed by atoms with E-state index in [0.29, 0.717) is 17.1 Å². The van der Waals surface area contributed by atoms with Gasteiger partial charge in [0.2, 0.25) is 0 Å². The van der Waals surface area contributed by atoms with Gasteiger partial charge in [-0.2, -0.15) is 0 Å². The second-order valence-corrected chi connectivity index (χ2v) is 7.03. The maximum absolute atomic E-state index is 6.26. The van der Waals surface area contributed by atoms with Crippen LogP contribution in [-0.2, 0) is 0 Å². The van der Waals surface area contributed by atoms with E-state index >= 15 is 0 Å². The van der Waals surface area contributed by atoms with Crippen LogP contribution in [0.15, 0.2) is 23.3 Å². The van der Waals surface area contributed by atoms with Gasteiger partial charge in [-0.25, -0.2) is 4.98 Å². The molecular weight excluding hydrogens is 463 g/mol. The van der Waals surface area contributed by atoms with E-state index in [1.807, 2.05) is 19.2 Å². The molecule has 0 radical (unpaired) electrons. The van der Waals surface area contributed by atoms with Gasteiger partial charge in [0.05, 0.1) is 5.02 Å². The van der Waals surface area contributed by atoms with Crippen molar-refractivity contribution >= 4 is 47.4 Å². The Bertz CT molecular complexity index is 570. The smallest absolute Gasteiger partial charge is 0.191 e. The van der Waals surface area contributed by atoms with Crippen LogP contribution in [0, 0.1) is 0 Å². The lowest BCUT2D eigenvalue weighted by Crippen LogP contribution is -2.47. The van der Waals surface area contributed by atoms with Crippen molar-refractivity contribution in [3.8, 4) is 0 Å². The molecule has 1 aliphatic rings. The normalized spacial score (nSPS) is 18.6. The van der Waals surface area contributed by atoms with Crippen LogP contribution in [0.4, 0.5) is 5.82 Å². The fourth-order valence-corrected chi connectivity index (χ4v) is 3.19. The Kier molecular flexibility index (Phi) is 10.6. The molecule has 0 aliphatic carbocycles. The van der Waals surface area contributed by atoms with Crippen LogP contribution in [0.2, 0.25) is 5.02 Å². The minimum absolute atomic E-state index is 0. The second-order valence-electron chi connectivity index (χ2n) is 6.62. The summed E-state index contributed by atoms with van der Waals surface area (Å²) < 4.78 is 0. The van der Waals surface area contributed by atoms with Crippen molar-refractivity contribution in [2.24, 2.45) is 4.99 Å². The third kappa shape index (κ3) is 6.74. The minimum atomic E-state index is 0. The second kappa shape index (κ2) is 11.8. The van der Waals surface area contributed by atoms with Gasteiger partial charge in [0, 0.05) is 51.5 Å². The van der Waals surface area contributed by atoms with Crippen LogP contribution in [0.3, 0.4) is 0 Å². The van der Waals surface area contributed by atoms with Gasteiger partial charge in [-0.15, -0.1) is 24.0 Å². The summed E-state index contributed by atoms with van der Waals surface area (Å²) in [7, 11) is 3.98. The van der Waals surface area contributed by atoms with E-state index in [9.17, 15) is 0 Å². The number of hydrogen-bond donors (Lipinski definition) is 2. The fourth-order valence-electron chi connectivity index (χ4n) is 2.95. The minimum Gasteiger partial charge on any atom is -0.355 e. The molecule has 8 heteroatoms. The third-order valence-electron chi connectivity index (χ3n) is 4.89. The standard InChI is InChI=1S/C18H31ClN6.HI/c1-5-14(2)24(4)12-10-22-18(20-3)23-15-8-11-25(13-15)17-16(19)7-6-9-21-17;/h6-7,9,14-15H,5,8,10-13H2,1-4H3,(H2,20,22,23);1H. The molecule has 1 fully saturated rings. The molecule has 1 aromatic rings. The summed E-state index contributed by atoms with van der Waals surface area (Å²) in [5.74, 6) is 1.73. The molecule has 6 nitrogen and oxygen atoms in total. The summed E-state index contributed by atoms with van der Waals surface area (Å²) in [4.78, 5) is 13.3. The van der Waals surface area contributed by atoms with Crippen molar-refractivity contribution < 1.29 is 0 Å². The zero-order chi connectivity index (χ0) is 18.2. The van der Waals surface area contributed by atoms with Gasteiger partial charge in [-0.1, -0.05) is 18.5 Å². The lowest BCUT2D eigenvalue weighted by Gasteiger charge is -2.24. The third-order valence-corrected chi connectivity index (χ3v) is 5.19. The zero-order valence-corrected chi connectivity index (χ0v) is 19.3. The summed E-state index contributed by atoms with van der Waals surface area (Å²) in [6, 6.07) is 4.69. The summed E-state index contributed by atoms with van der Waals surface area (Å²) in [6.45, 7) is 8.17. The first-order chi connectivity index (χ1) is 12.0. The van der Waals surface area contributed by atoms with Gasteiger partial charge in [-0.3, -0.25) is 4.99 Å². The van der Waals surface area contributed by atoms with Crippen molar-refractivity contribution in [2.45, 2.75) is 38.8 Å². The molecule has 1 saturated heterocycles. The molecule has 0 aromatic carbocycles.